The molecule has 23 heavy (non-hydrogen) atoms. The number of sulfonamides is 1. The average molecular weight is 344 g/mol. The Morgan fingerprint density at radius 2 is 1.87 bits per heavy atom. The van der Waals surface area contributed by atoms with E-state index in [0.29, 0.717) is 11.2 Å². The molecule has 0 aliphatic carbocycles. The predicted octanol–water partition coefficient (Wildman–Crippen LogP) is 2.60. The van der Waals surface area contributed by atoms with E-state index in [1.54, 1.807) is 6.07 Å². The molecule has 0 amide bonds. The third-order valence-electron chi connectivity index (χ3n) is 3.18. The number of nitrogens with zero attached hydrogens (tertiary/aromatic N) is 3. The molecule has 0 saturated heterocycles. The van der Waals surface area contributed by atoms with Gasteiger partial charge in [0.15, 0.2) is 0 Å². The zero-order chi connectivity index (χ0) is 16.4. The SMILES string of the molecule is N#CCN(c1nc2ccccc2s1)S(=O)(=O)c1ccc(N)cc1. The maximum absolute atomic E-state index is 12.8. The Labute approximate surface area is 137 Å². The van der Waals surface area contributed by atoms with Crippen molar-refractivity contribution >= 4 is 42.4 Å². The summed E-state index contributed by atoms with van der Waals surface area (Å²) in [5, 5.41) is 9.30. The van der Waals surface area contributed by atoms with Crippen molar-refractivity contribution < 1.29 is 8.42 Å². The van der Waals surface area contributed by atoms with E-state index < -0.39 is 10.0 Å². The summed E-state index contributed by atoms with van der Waals surface area (Å²) in [5.74, 6) is 0. The number of hydrogen-bond donors (Lipinski definition) is 1. The normalized spacial score (nSPS) is 11.3. The molecule has 0 bridgehead atoms. The highest BCUT2D eigenvalue weighted by Crippen LogP contribution is 2.32. The van der Waals surface area contributed by atoms with E-state index in [4.69, 9.17) is 11.0 Å². The molecule has 116 valence electrons. The zero-order valence-corrected chi connectivity index (χ0v) is 13.5. The fourth-order valence-electron chi connectivity index (χ4n) is 2.05. The molecule has 1 aromatic heterocycles. The van der Waals surface area contributed by atoms with Crippen molar-refractivity contribution in [1.29, 1.82) is 5.26 Å². The van der Waals surface area contributed by atoms with Gasteiger partial charge in [-0.05, 0) is 36.4 Å². The van der Waals surface area contributed by atoms with Gasteiger partial charge in [-0.1, -0.05) is 23.5 Å². The van der Waals surface area contributed by atoms with Crippen LogP contribution in [-0.4, -0.2) is 19.9 Å². The zero-order valence-electron chi connectivity index (χ0n) is 11.9. The predicted molar refractivity (Wildman–Crippen MR) is 90.6 cm³/mol. The number of nitriles is 1. The van der Waals surface area contributed by atoms with Gasteiger partial charge in [-0.2, -0.15) is 5.26 Å². The van der Waals surface area contributed by atoms with Crippen LogP contribution in [0.25, 0.3) is 10.2 Å². The summed E-state index contributed by atoms with van der Waals surface area (Å²) in [4.78, 5) is 4.40. The number of thiazole rings is 1. The fourth-order valence-corrected chi connectivity index (χ4v) is 4.54. The van der Waals surface area contributed by atoms with E-state index in [1.807, 2.05) is 24.3 Å². The fraction of sp³-hybridized carbons (Fsp3) is 0.0667. The molecular formula is C15H12N4O2S2. The van der Waals surface area contributed by atoms with E-state index in [-0.39, 0.29) is 16.6 Å². The maximum atomic E-state index is 12.8. The van der Waals surface area contributed by atoms with Crippen LogP contribution in [0.1, 0.15) is 0 Å². The van der Waals surface area contributed by atoms with Crippen LogP contribution in [0.2, 0.25) is 0 Å². The monoisotopic (exact) mass is 344 g/mol. The molecule has 8 heteroatoms. The Morgan fingerprint density at radius 1 is 1.17 bits per heavy atom. The van der Waals surface area contributed by atoms with Crippen LogP contribution in [0, 0.1) is 11.3 Å². The molecule has 1 heterocycles. The first-order valence-corrected chi connectivity index (χ1v) is 8.89. The van der Waals surface area contributed by atoms with Gasteiger partial charge < -0.3 is 5.73 Å². The van der Waals surface area contributed by atoms with Crippen LogP contribution < -0.4 is 10.0 Å². The number of benzene rings is 2. The molecule has 3 aromatic rings. The highest BCUT2D eigenvalue weighted by molar-refractivity contribution is 7.93. The molecule has 0 radical (unpaired) electrons. The van der Waals surface area contributed by atoms with Crippen LogP contribution in [0.3, 0.4) is 0 Å². The van der Waals surface area contributed by atoms with Crippen molar-refractivity contribution in [3.05, 3.63) is 48.5 Å². The van der Waals surface area contributed by atoms with Gasteiger partial charge in [0.05, 0.1) is 21.2 Å². The summed E-state index contributed by atoms with van der Waals surface area (Å²) in [6.07, 6.45) is 0. The van der Waals surface area contributed by atoms with Gasteiger partial charge in [0.1, 0.15) is 6.54 Å². The molecule has 0 aliphatic heterocycles. The van der Waals surface area contributed by atoms with Crippen molar-refractivity contribution in [3.63, 3.8) is 0 Å². The summed E-state index contributed by atoms with van der Waals surface area (Å²) in [6, 6.07) is 15.1. The Balaban J connectivity index is 2.10. The Hall–Kier alpha value is -2.63. The largest absolute Gasteiger partial charge is 0.399 e. The van der Waals surface area contributed by atoms with Gasteiger partial charge >= 0.3 is 0 Å². The van der Waals surface area contributed by atoms with Crippen LogP contribution in [0.5, 0.6) is 0 Å². The molecule has 0 aliphatic rings. The van der Waals surface area contributed by atoms with Crippen LogP contribution in [0.4, 0.5) is 10.8 Å². The molecule has 0 atom stereocenters. The third-order valence-corrected chi connectivity index (χ3v) is 6.10. The van der Waals surface area contributed by atoms with E-state index in [1.165, 1.54) is 35.6 Å². The maximum Gasteiger partial charge on any atom is 0.267 e. The molecule has 2 N–H and O–H groups in total. The number of para-hydroxylation sites is 1. The van der Waals surface area contributed by atoms with E-state index >= 15 is 0 Å². The molecule has 0 unspecified atom stereocenters. The quantitative estimate of drug-likeness (QED) is 0.579. The first-order valence-electron chi connectivity index (χ1n) is 6.63. The number of fused-ring (bicyclic) bond motifs is 1. The number of nitrogens with two attached hydrogens (primary N) is 1. The smallest absolute Gasteiger partial charge is 0.267 e. The summed E-state index contributed by atoms with van der Waals surface area (Å²) in [6.45, 7) is -0.313. The van der Waals surface area contributed by atoms with Gasteiger partial charge in [-0.3, -0.25) is 0 Å². The lowest BCUT2D eigenvalue weighted by Crippen LogP contribution is -2.31. The minimum absolute atomic E-state index is 0.0706. The van der Waals surface area contributed by atoms with E-state index in [0.717, 1.165) is 9.01 Å². The lowest BCUT2D eigenvalue weighted by atomic mass is 10.3. The van der Waals surface area contributed by atoms with Crippen molar-refractivity contribution in [2.75, 3.05) is 16.6 Å². The van der Waals surface area contributed by atoms with Crippen LogP contribution >= 0.6 is 11.3 Å². The number of nitrogen functional groups attached to an aromatic ring is 1. The molecule has 6 nitrogen and oxygen atoms in total. The van der Waals surface area contributed by atoms with Gasteiger partial charge in [0.25, 0.3) is 10.0 Å². The van der Waals surface area contributed by atoms with Gasteiger partial charge in [0.2, 0.25) is 5.13 Å². The highest BCUT2D eigenvalue weighted by atomic mass is 32.2. The second-order valence-electron chi connectivity index (χ2n) is 4.70. The molecule has 0 saturated carbocycles. The molecule has 0 fully saturated rings. The van der Waals surface area contributed by atoms with Crippen LogP contribution in [0.15, 0.2) is 53.4 Å². The Morgan fingerprint density at radius 3 is 2.52 bits per heavy atom. The number of anilines is 2. The van der Waals surface area contributed by atoms with Crippen molar-refractivity contribution in [1.82, 2.24) is 4.98 Å². The second kappa shape index (κ2) is 5.87. The number of hydrogen-bond acceptors (Lipinski definition) is 6. The van der Waals surface area contributed by atoms with Crippen molar-refractivity contribution in [2.24, 2.45) is 0 Å². The minimum Gasteiger partial charge on any atom is -0.399 e. The summed E-state index contributed by atoms with van der Waals surface area (Å²) >= 11 is 1.23. The van der Waals surface area contributed by atoms with E-state index in [2.05, 4.69) is 4.98 Å². The first-order chi connectivity index (χ1) is 11.0. The van der Waals surface area contributed by atoms with Crippen molar-refractivity contribution in [3.8, 4) is 6.07 Å². The van der Waals surface area contributed by atoms with Crippen molar-refractivity contribution in [2.45, 2.75) is 4.90 Å². The van der Waals surface area contributed by atoms with Gasteiger partial charge in [-0.15, -0.1) is 0 Å². The standard InChI is InChI=1S/C15H12N4O2S2/c16-9-10-19(15-18-13-3-1-2-4-14(13)22-15)23(20,21)12-7-5-11(17)6-8-12/h1-8H,10,17H2. The lowest BCUT2D eigenvalue weighted by Gasteiger charge is -2.18. The summed E-state index contributed by atoms with van der Waals surface area (Å²) in [5.41, 5.74) is 6.76. The third kappa shape index (κ3) is 2.84. The van der Waals surface area contributed by atoms with Gasteiger partial charge in [0, 0.05) is 5.69 Å². The second-order valence-corrected chi connectivity index (χ2v) is 7.57. The summed E-state index contributed by atoms with van der Waals surface area (Å²) in [7, 11) is -3.88. The van der Waals surface area contributed by atoms with E-state index in [9.17, 15) is 8.42 Å². The van der Waals surface area contributed by atoms with Gasteiger partial charge in [-0.25, -0.2) is 17.7 Å². The minimum atomic E-state index is -3.88. The average Bonchev–Trinajstić information content (AvgIpc) is 2.96. The Kier molecular flexibility index (Phi) is 3.90. The topological polar surface area (TPSA) is 100 Å². The molecule has 2 aromatic carbocycles. The molecule has 0 spiro atoms. The number of rotatable bonds is 4. The molecule has 3 rings (SSSR count). The molecular weight excluding hydrogens is 332 g/mol. The summed E-state index contributed by atoms with van der Waals surface area (Å²) < 4.78 is 27.5. The highest BCUT2D eigenvalue weighted by Gasteiger charge is 2.27. The van der Waals surface area contributed by atoms with Crippen LogP contribution in [-0.2, 0) is 10.0 Å². The Bertz CT molecular complexity index is 955. The number of aromatic nitrogens is 1. The first kappa shape index (κ1) is 15.3. The lowest BCUT2D eigenvalue weighted by molar-refractivity contribution is 0.593.